The van der Waals surface area contributed by atoms with Crippen molar-refractivity contribution in [2.45, 2.75) is 39.3 Å². The van der Waals surface area contributed by atoms with Crippen molar-refractivity contribution >= 4 is 23.9 Å². The fourth-order valence-corrected chi connectivity index (χ4v) is 2.44. The monoisotopic (exact) mass is 320 g/mol. The molecule has 7 heteroatoms. The van der Waals surface area contributed by atoms with Crippen molar-refractivity contribution in [2.75, 3.05) is 19.4 Å². The van der Waals surface area contributed by atoms with Crippen molar-refractivity contribution < 1.29 is 14.4 Å². The van der Waals surface area contributed by atoms with Crippen LogP contribution in [0.4, 0.5) is 5.82 Å². The number of hydrogen-bond donors (Lipinski definition) is 2. The maximum Gasteiger partial charge on any atom is 0.256 e. The highest BCUT2D eigenvalue weighted by Gasteiger charge is 2.36. The van der Waals surface area contributed by atoms with E-state index in [2.05, 4.69) is 15.6 Å². The van der Waals surface area contributed by atoms with Crippen LogP contribution in [-0.2, 0) is 16.1 Å². The fourth-order valence-electron chi connectivity index (χ4n) is 2.44. The Morgan fingerprint density at radius 1 is 1.43 bits per heavy atom. The molecular weight excluding hydrogens is 296 g/mol. The fraction of sp³-hybridized carbons (Fsp3) is 0.500. The molecule has 1 unspecified atom stereocenters. The van der Waals surface area contributed by atoms with Crippen LogP contribution in [0.15, 0.2) is 12.3 Å². The highest BCUT2D eigenvalue weighted by atomic mass is 16.2. The van der Waals surface area contributed by atoms with Gasteiger partial charge in [0, 0.05) is 33.3 Å². The molecule has 2 amide bonds. The normalized spacial score (nSPS) is 13.6. The second-order valence-electron chi connectivity index (χ2n) is 4.78. The van der Waals surface area contributed by atoms with Crippen LogP contribution in [0.5, 0.6) is 0 Å². The van der Waals surface area contributed by atoms with Crippen LogP contribution >= 0.6 is 0 Å². The lowest BCUT2D eigenvalue weighted by molar-refractivity contribution is -0.125. The van der Waals surface area contributed by atoms with Gasteiger partial charge in [0.05, 0.1) is 5.56 Å². The van der Waals surface area contributed by atoms with Gasteiger partial charge in [-0.2, -0.15) is 0 Å². The molecule has 1 aromatic rings. The van der Waals surface area contributed by atoms with E-state index < -0.39 is 6.04 Å². The number of rotatable bonds is 6. The van der Waals surface area contributed by atoms with Gasteiger partial charge < -0.3 is 20.3 Å². The third-order valence-electron chi connectivity index (χ3n) is 3.56. The van der Waals surface area contributed by atoms with E-state index in [9.17, 15) is 14.4 Å². The largest absolute Gasteiger partial charge is 0.373 e. The maximum absolute atomic E-state index is 12.4. The molecule has 0 saturated heterocycles. The van der Waals surface area contributed by atoms with Crippen LogP contribution in [0, 0.1) is 0 Å². The van der Waals surface area contributed by atoms with Gasteiger partial charge in [-0.1, -0.05) is 13.8 Å². The van der Waals surface area contributed by atoms with E-state index in [1.807, 2.05) is 13.8 Å². The molecule has 1 atom stereocenters. The zero-order chi connectivity index (χ0) is 17.4. The Bertz CT molecular complexity index is 574. The van der Waals surface area contributed by atoms with Gasteiger partial charge in [-0.3, -0.25) is 9.59 Å². The summed E-state index contributed by atoms with van der Waals surface area (Å²) in [5, 5.41) is 5.46. The molecule has 2 heterocycles. The number of anilines is 1. The number of likely N-dealkylation sites (N-methyl/N-ethyl adjacent to an activating group) is 1. The maximum atomic E-state index is 12.4. The Labute approximate surface area is 136 Å². The number of aldehydes is 1. The van der Waals surface area contributed by atoms with Crippen molar-refractivity contribution in [2.24, 2.45) is 0 Å². The second kappa shape index (κ2) is 8.87. The molecule has 126 valence electrons. The number of carbonyl (C=O) groups is 3. The molecule has 1 aliphatic heterocycles. The predicted octanol–water partition coefficient (Wildman–Crippen LogP) is 1.20. The predicted molar refractivity (Wildman–Crippen MR) is 88.2 cm³/mol. The number of fused-ring (bicyclic) bond motifs is 1. The minimum Gasteiger partial charge on any atom is -0.373 e. The Kier molecular flexibility index (Phi) is 7.18. The second-order valence-corrected chi connectivity index (χ2v) is 4.78. The lowest BCUT2D eigenvalue weighted by Crippen LogP contribution is -2.46. The quantitative estimate of drug-likeness (QED) is 0.769. The molecular formula is C16H24N4O3. The highest BCUT2D eigenvalue weighted by molar-refractivity contribution is 6.01. The van der Waals surface area contributed by atoms with Gasteiger partial charge in [0.25, 0.3) is 5.91 Å². The zero-order valence-corrected chi connectivity index (χ0v) is 14.0. The summed E-state index contributed by atoms with van der Waals surface area (Å²) in [6.07, 6.45) is 2.82. The van der Waals surface area contributed by atoms with E-state index >= 15 is 0 Å². The van der Waals surface area contributed by atoms with Crippen LogP contribution in [-0.4, -0.2) is 48.1 Å². The van der Waals surface area contributed by atoms with Gasteiger partial charge in [0.2, 0.25) is 5.91 Å². The van der Waals surface area contributed by atoms with Crippen LogP contribution in [0.3, 0.4) is 0 Å². The molecule has 0 spiro atoms. The summed E-state index contributed by atoms with van der Waals surface area (Å²) in [7, 11) is 3.27. The number of amides is 2. The van der Waals surface area contributed by atoms with Crippen molar-refractivity contribution in [3.8, 4) is 0 Å². The summed E-state index contributed by atoms with van der Waals surface area (Å²) < 4.78 is 0. The SMILES string of the molecule is CC.CNC(=O)C(CCC=O)N1Cc2cc(NC)ncc2C1=O. The first kappa shape index (κ1) is 18.6. The first-order chi connectivity index (χ1) is 11.1. The Hall–Kier alpha value is -2.44. The average Bonchev–Trinajstić information content (AvgIpc) is 2.92. The van der Waals surface area contributed by atoms with E-state index in [1.165, 1.54) is 18.1 Å². The highest BCUT2D eigenvalue weighted by Crippen LogP contribution is 2.27. The molecule has 1 aromatic heterocycles. The molecule has 23 heavy (non-hydrogen) atoms. The van der Waals surface area contributed by atoms with Gasteiger partial charge in [-0.05, 0) is 18.1 Å². The molecule has 0 bridgehead atoms. The Balaban J connectivity index is 0.00000127. The zero-order valence-electron chi connectivity index (χ0n) is 14.0. The van der Waals surface area contributed by atoms with Crippen LogP contribution in [0.2, 0.25) is 0 Å². The van der Waals surface area contributed by atoms with Crippen LogP contribution < -0.4 is 10.6 Å². The van der Waals surface area contributed by atoms with E-state index in [0.29, 0.717) is 24.3 Å². The van der Waals surface area contributed by atoms with Crippen molar-refractivity contribution in [1.29, 1.82) is 0 Å². The molecule has 0 saturated carbocycles. The van der Waals surface area contributed by atoms with E-state index in [4.69, 9.17) is 0 Å². The lowest BCUT2D eigenvalue weighted by atomic mass is 10.1. The number of carbonyl (C=O) groups excluding carboxylic acids is 3. The third kappa shape index (κ3) is 4.06. The first-order valence-corrected chi connectivity index (χ1v) is 7.75. The molecule has 7 nitrogen and oxygen atoms in total. The van der Waals surface area contributed by atoms with E-state index in [-0.39, 0.29) is 18.2 Å². The number of hydrogen-bond acceptors (Lipinski definition) is 5. The summed E-state index contributed by atoms with van der Waals surface area (Å²) in [5.74, 6) is 0.187. The van der Waals surface area contributed by atoms with Gasteiger partial charge in [-0.25, -0.2) is 4.98 Å². The molecule has 0 aliphatic carbocycles. The minimum atomic E-state index is -0.641. The summed E-state index contributed by atoms with van der Waals surface area (Å²) in [6.45, 7) is 4.35. The van der Waals surface area contributed by atoms with Gasteiger partial charge in [0.15, 0.2) is 0 Å². The van der Waals surface area contributed by atoms with Crippen LogP contribution in [0.1, 0.15) is 42.6 Å². The summed E-state index contributed by atoms with van der Waals surface area (Å²) in [6, 6.07) is 1.16. The van der Waals surface area contributed by atoms with E-state index in [1.54, 1.807) is 13.1 Å². The molecule has 2 N–H and O–H groups in total. The van der Waals surface area contributed by atoms with Crippen molar-refractivity contribution in [3.63, 3.8) is 0 Å². The standard InChI is InChI=1S/C14H18N4O3.C2H6/c1-15-12-6-9-8-18(14(21)10(9)7-17-12)11(4-3-5-19)13(20)16-2;1-2/h5-7,11H,3-4,8H2,1-2H3,(H,15,17)(H,16,20);1-2H3. The summed E-state index contributed by atoms with van der Waals surface area (Å²) >= 11 is 0. The van der Waals surface area contributed by atoms with Gasteiger partial charge in [-0.15, -0.1) is 0 Å². The molecule has 0 fully saturated rings. The Morgan fingerprint density at radius 3 is 2.70 bits per heavy atom. The van der Waals surface area contributed by atoms with Gasteiger partial charge >= 0.3 is 0 Å². The number of nitrogens with zero attached hydrogens (tertiary/aromatic N) is 2. The summed E-state index contributed by atoms with van der Waals surface area (Å²) in [5.41, 5.74) is 1.34. The molecule has 0 radical (unpaired) electrons. The molecule has 0 aromatic carbocycles. The van der Waals surface area contributed by atoms with Crippen molar-refractivity contribution in [1.82, 2.24) is 15.2 Å². The number of aromatic nitrogens is 1. The number of pyridine rings is 1. The van der Waals surface area contributed by atoms with Crippen LogP contribution in [0.25, 0.3) is 0 Å². The molecule has 1 aliphatic rings. The average molecular weight is 320 g/mol. The minimum absolute atomic E-state index is 0.223. The summed E-state index contributed by atoms with van der Waals surface area (Å²) in [4.78, 5) is 40.6. The Morgan fingerprint density at radius 2 is 2.13 bits per heavy atom. The lowest BCUT2D eigenvalue weighted by Gasteiger charge is -2.25. The topological polar surface area (TPSA) is 91.4 Å². The third-order valence-corrected chi connectivity index (χ3v) is 3.56. The van der Waals surface area contributed by atoms with Crippen molar-refractivity contribution in [3.05, 3.63) is 23.4 Å². The molecule has 2 rings (SSSR count). The number of nitrogens with one attached hydrogen (secondary N) is 2. The smallest absolute Gasteiger partial charge is 0.256 e. The van der Waals surface area contributed by atoms with E-state index in [0.717, 1.165) is 11.8 Å². The van der Waals surface area contributed by atoms with Gasteiger partial charge in [0.1, 0.15) is 18.1 Å². The first-order valence-electron chi connectivity index (χ1n) is 7.75.